The van der Waals surface area contributed by atoms with Gasteiger partial charge in [0.1, 0.15) is 11.6 Å². The van der Waals surface area contributed by atoms with Crippen molar-refractivity contribution < 1.29 is 4.79 Å². The Morgan fingerprint density at radius 3 is 2.68 bits per heavy atom. The van der Waals surface area contributed by atoms with E-state index < -0.39 is 0 Å². The Hall–Kier alpha value is -2.64. The van der Waals surface area contributed by atoms with E-state index >= 15 is 0 Å². The minimum absolute atomic E-state index is 0.164. The molecule has 1 N–H and O–H groups in total. The lowest BCUT2D eigenvalue weighted by Gasteiger charge is -2.36. The van der Waals surface area contributed by atoms with Crippen molar-refractivity contribution in [1.29, 1.82) is 0 Å². The predicted molar refractivity (Wildman–Crippen MR) is 112 cm³/mol. The molecule has 3 aromatic rings. The predicted octanol–water partition coefficient (Wildman–Crippen LogP) is 2.49. The number of H-pyrrole nitrogens is 1. The zero-order valence-corrected chi connectivity index (χ0v) is 16.8. The van der Waals surface area contributed by atoms with Crippen molar-refractivity contribution in [3.63, 3.8) is 0 Å². The number of nitrogens with zero attached hydrogens (tertiary/aromatic N) is 5. The highest BCUT2D eigenvalue weighted by molar-refractivity contribution is 6.33. The Morgan fingerprint density at radius 1 is 1.21 bits per heavy atom. The number of carbonyl (C=O) groups excluding carboxylic acids is 1. The number of hydrogen-bond donors (Lipinski definition) is 1. The van der Waals surface area contributed by atoms with Crippen molar-refractivity contribution in [3.8, 4) is 11.4 Å². The summed E-state index contributed by atoms with van der Waals surface area (Å²) in [6.07, 6.45) is 1.67. The number of aromatic nitrogens is 3. The van der Waals surface area contributed by atoms with Gasteiger partial charge < -0.3 is 19.7 Å². The third kappa shape index (κ3) is 3.81. The smallest absolute Gasteiger partial charge is 0.236 e. The summed E-state index contributed by atoms with van der Waals surface area (Å²) >= 11 is 6.41. The molecule has 0 bridgehead atoms. The summed E-state index contributed by atoms with van der Waals surface area (Å²) in [6.45, 7) is 3.31. The van der Waals surface area contributed by atoms with E-state index in [1.807, 2.05) is 54.2 Å². The van der Waals surface area contributed by atoms with E-state index in [-0.39, 0.29) is 5.91 Å². The van der Waals surface area contributed by atoms with Crippen LogP contribution in [0.4, 0.5) is 5.82 Å². The van der Waals surface area contributed by atoms with Gasteiger partial charge in [-0.05, 0) is 32.3 Å². The summed E-state index contributed by atoms with van der Waals surface area (Å²) in [7, 11) is 3.82. The molecule has 7 nitrogen and oxygen atoms in total. The van der Waals surface area contributed by atoms with Crippen LogP contribution in [0.15, 0.2) is 36.5 Å². The fourth-order valence-corrected chi connectivity index (χ4v) is 3.61. The first-order valence-electron chi connectivity index (χ1n) is 9.29. The fraction of sp³-hybridized carbons (Fsp3) is 0.350. The number of benzene rings is 1. The average Bonchev–Trinajstić information content (AvgIpc) is 3.12. The van der Waals surface area contributed by atoms with Crippen LogP contribution in [0, 0.1) is 0 Å². The van der Waals surface area contributed by atoms with Crippen LogP contribution in [-0.4, -0.2) is 77.5 Å². The summed E-state index contributed by atoms with van der Waals surface area (Å²) in [5.41, 5.74) is 2.70. The quantitative estimate of drug-likeness (QED) is 0.731. The first-order valence-corrected chi connectivity index (χ1v) is 9.67. The van der Waals surface area contributed by atoms with Gasteiger partial charge in [-0.3, -0.25) is 4.79 Å². The fourth-order valence-electron chi connectivity index (χ4n) is 3.42. The molecule has 1 fully saturated rings. The molecule has 0 radical (unpaired) electrons. The maximum absolute atomic E-state index is 12.2. The third-order valence-electron chi connectivity index (χ3n) is 4.89. The van der Waals surface area contributed by atoms with Gasteiger partial charge in [0, 0.05) is 37.9 Å². The average molecular weight is 399 g/mol. The monoisotopic (exact) mass is 398 g/mol. The van der Waals surface area contributed by atoms with Crippen molar-refractivity contribution in [2.75, 3.05) is 51.7 Å². The van der Waals surface area contributed by atoms with Crippen molar-refractivity contribution in [2.45, 2.75) is 0 Å². The van der Waals surface area contributed by atoms with Crippen LogP contribution in [0.25, 0.3) is 22.4 Å². The number of fused-ring (bicyclic) bond motifs is 1. The van der Waals surface area contributed by atoms with Gasteiger partial charge in [0.05, 0.1) is 22.6 Å². The number of rotatable bonds is 4. The molecule has 4 rings (SSSR count). The van der Waals surface area contributed by atoms with Gasteiger partial charge in [-0.1, -0.05) is 23.7 Å². The molecule has 2 aromatic heterocycles. The number of piperazine rings is 1. The Kier molecular flexibility index (Phi) is 5.19. The number of likely N-dealkylation sites (N-methyl/N-ethyl adjacent to an activating group) is 1. The normalized spacial score (nSPS) is 14.9. The Bertz CT molecular complexity index is 960. The Morgan fingerprint density at radius 2 is 1.96 bits per heavy atom. The van der Waals surface area contributed by atoms with Crippen LogP contribution in [0.2, 0.25) is 5.02 Å². The van der Waals surface area contributed by atoms with Gasteiger partial charge in [0.25, 0.3) is 0 Å². The number of carbonyl (C=O) groups is 1. The molecule has 0 atom stereocenters. The molecule has 0 aliphatic carbocycles. The van der Waals surface area contributed by atoms with E-state index in [1.54, 1.807) is 6.20 Å². The number of nitrogens with one attached hydrogen (secondary N) is 1. The molecule has 8 heteroatoms. The highest BCUT2D eigenvalue weighted by Crippen LogP contribution is 2.30. The van der Waals surface area contributed by atoms with Crippen molar-refractivity contribution >= 4 is 34.4 Å². The van der Waals surface area contributed by atoms with Crippen molar-refractivity contribution in [1.82, 2.24) is 24.8 Å². The van der Waals surface area contributed by atoms with Gasteiger partial charge in [0.2, 0.25) is 5.91 Å². The summed E-state index contributed by atoms with van der Waals surface area (Å²) in [6, 6.07) is 9.86. The summed E-state index contributed by atoms with van der Waals surface area (Å²) in [4.78, 5) is 30.7. The molecule has 1 aromatic carbocycles. The number of imidazole rings is 1. The summed E-state index contributed by atoms with van der Waals surface area (Å²) < 4.78 is 0. The molecular formula is C20H23ClN6O. The number of hydrogen-bond acceptors (Lipinski definition) is 5. The van der Waals surface area contributed by atoms with Crippen LogP contribution in [-0.2, 0) is 4.79 Å². The number of amides is 1. The van der Waals surface area contributed by atoms with Crippen LogP contribution >= 0.6 is 11.6 Å². The highest BCUT2D eigenvalue weighted by atomic mass is 35.5. The molecule has 1 amide bonds. The number of halogens is 1. The van der Waals surface area contributed by atoms with Crippen LogP contribution < -0.4 is 4.90 Å². The Balaban J connectivity index is 1.52. The van der Waals surface area contributed by atoms with Crippen molar-refractivity contribution in [3.05, 3.63) is 41.6 Å². The number of para-hydroxylation sites is 2. The maximum Gasteiger partial charge on any atom is 0.236 e. The second-order valence-corrected chi connectivity index (χ2v) is 7.64. The van der Waals surface area contributed by atoms with Gasteiger partial charge in [-0.15, -0.1) is 0 Å². The lowest BCUT2D eigenvalue weighted by atomic mass is 10.2. The molecule has 0 saturated carbocycles. The maximum atomic E-state index is 12.2. The molecule has 1 aliphatic heterocycles. The minimum atomic E-state index is 0.164. The van der Waals surface area contributed by atoms with Crippen LogP contribution in [0.5, 0.6) is 0 Å². The second kappa shape index (κ2) is 7.77. The van der Waals surface area contributed by atoms with Gasteiger partial charge in [-0.2, -0.15) is 0 Å². The lowest BCUT2D eigenvalue weighted by Crippen LogP contribution is -2.51. The zero-order chi connectivity index (χ0) is 19.7. The molecule has 28 heavy (non-hydrogen) atoms. The molecule has 1 aliphatic rings. The standard InChI is InChI=1S/C20H23ClN6O/c1-25(2)13-19(28)27-9-7-26(8-10-27)18-11-14(15(21)12-22-18)20-23-16-5-3-4-6-17(16)24-20/h3-6,11-12H,7-10,13H2,1-2H3,(H,23,24). The zero-order valence-electron chi connectivity index (χ0n) is 16.0. The van der Waals surface area contributed by atoms with Gasteiger partial charge >= 0.3 is 0 Å². The molecular weight excluding hydrogens is 376 g/mol. The number of pyridine rings is 1. The third-order valence-corrected chi connectivity index (χ3v) is 5.19. The van der Waals surface area contributed by atoms with Crippen molar-refractivity contribution in [2.24, 2.45) is 0 Å². The molecule has 3 heterocycles. The molecule has 146 valence electrons. The minimum Gasteiger partial charge on any atom is -0.353 e. The van der Waals surface area contributed by atoms with E-state index in [2.05, 4.69) is 19.9 Å². The highest BCUT2D eigenvalue weighted by Gasteiger charge is 2.23. The SMILES string of the molecule is CN(C)CC(=O)N1CCN(c2cc(-c3nc4ccccc4[nH]3)c(Cl)cn2)CC1. The first-order chi connectivity index (χ1) is 13.5. The van der Waals surface area contributed by atoms with E-state index in [4.69, 9.17) is 11.6 Å². The van der Waals surface area contributed by atoms with E-state index in [1.165, 1.54) is 0 Å². The van der Waals surface area contributed by atoms with E-state index in [0.29, 0.717) is 24.7 Å². The van der Waals surface area contributed by atoms with E-state index in [9.17, 15) is 4.79 Å². The Labute approximate surface area is 168 Å². The number of aromatic amines is 1. The number of anilines is 1. The topological polar surface area (TPSA) is 68.4 Å². The van der Waals surface area contributed by atoms with Gasteiger partial charge in [-0.25, -0.2) is 9.97 Å². The van der Waals surface area contributed by atoms with Crippen LogP contribution in [0.3, 0.4) is 0 Å². The molecule has 0 spiro atoms. The summed E-state index contributed by atoms with van der Waals surface area (Å²) in [5.74, 6) is 1.74. The molecule has 0 unspecified atom stereocenters. The lowest BCUT2D eigenvalue weighted by molar-refractivity contribution is -0.132. The van der Waals surface area contributed by atoms with Crippen LogP contribution in [0.1, 0.15) is 0 Å². The second-order valence-electron chi connectivity index (χ2n) is 7.23. The first kappa shape index (κ1) is 18.7. The largest absolute Gasteiger partial charge is 0.353 e. The summed E-state index contributed by atoms with van der Waals surface area (Å²) in [5, 5.41) is 0.558. The molecule has 1 saturated heterocycles. The van der Waals surface area contributed by atoms with Gasteiger partial charge in [0.15, 0.2) is 0 Å². The van der Waals surface area contributed by atoms with E-state index in [0.717, 1.165) is 41.3 Å².